The van der Waals surface area contributed by atoms with Crippen molar-refractivity contribution in [1.82, 2.24) is 9.78 Å². The molecule has 0 fully saturated rings. The first-order valence-electron chi connectivity index (χ1n) is 6.79. The molecule has 128 valence electrons. The number of hydrogen-bond donors (Lipinski definition) is 1. The van der Waals surface area contributed by atoms with Crippen LogP contribution in [0.3, 0.4) is 0 Å². The van der Waals surface area contributed by atoms with Gasteiger partial charge in [-0.2, -0.15) is 4.68 Å². The SMILES string of the molecule is O=C(Cn1nc(-c2cccs2)oc1=O)Nc1cc([N+](=O)[O-])ccc1Cl. The molecule has 1 aromatic carbocycles. The van der Waals surface area contributed by atoms with Crippen molar-refractivity contribution in [2.75, 3.05) is 5.32 Å². The van der Waals surface area contributed by atoms with Gasteiger partial charge in [-0.1, -0.05) is 17.7 Å². The molecular formula is C14H9ClN4O5S. The summed E-state index contributed by atoms with van der Waals surface area (Å²) in [7, 11) is 0. The molecule has 1 N–H and O–H groups in total. The number of thiophene rings is 1. The van der Waals surface area contributed by atoms with Gasteiger partial charge in [0.1, 0.15) is 6.54 Å². The fourth-order valence-electron chi connectivity index (χ4n) is 1.95. The number of nitro benzene ring substituents is 1. The number of hydrogen-bond acceptors (Lipinski definition) is 7. The zero-order valence-corrected chi connectivity index (χ0v) is 13.9. The van der Waals surface area contributed by atoms with E-state index in [1.807, 2.05) is 0 Å². The summed E-state index contributed by atoms with van der Waals surface area (Å²) in [6, 6.07) is 7.14. The lowest BCUT2D eigenvalue weighted by Gasteiger charge is -2.06. The normalized spacial score (nSPS) is 10.6. The van der Waals surface area contributed by atoms with Gasteiger partial charge in [0.05, 0.1) is 20.5 Å². The molecule has 3 aromatic rings. The molecule has 2 aromatic heterocycles. The third kappa shape index (κ3) is 3.75. The second-order valence-corrected chi connectivity index (χ2v) is 6.13. The van der Waals surface area contributed by atoms with Crippen LogP contribution in [0.15, 0.2) is 44.9 Å². The van der Waals surface area contributed by atoms with Crippen molar-refractivity contribution >= 4 is 40.2 Å². The maximum Gasteiger partial charge on any atom is 0.437 e. The van der Waals surface area contributed by atoms with Crippen LogP contribution in [0.2, 0.25) is 5.02 Å². The number of anilines is 1. The van der Waals surface area contributed by atoms with Crippen LogP contribution in [-0.2, 0) is 11.3 Å². The maximum atomic E-state index is 12.1. The summed E-state index contributed by atoms with van der Waals surface area (Å²) in [5.74, 6) is -1.31. The van der Waals surface area contributed by atoms with Gasteiger partial charge in [-0.05, 0) is 17.5 Å². The molecule has 2 heterocycles. The fourth-order valence-corrected chi connectivity index (χ4v) is 2.76. The van der Waals surface area contributed by atoms with E-state index in [1.165, 1.54) is 23.5 Å². The van der Waals surface area contributed by atoms with Crippen molar-refractivity contribution in [3.63, 3.8) is 0 Å². The molecule has 9 nitrogen and oxygen atoms in total. The molecule has 0 aliphatic rings. The second-order valence-electron chi connectivity index (χ2n) is 4.78. The van der Waals surface area contributed by atoms with Gasteiger partial charge in [0.15, 0.2) is 0 Å². The van der Waals surface area contributed by atoms with E-state index in [9.17, 15) is 19.7 Å². The number of nitrogens with zero attached hydrogens (tertiary/aromatic N) is 3. The summed E-state index contributed by atoms with van der Waals surface area (Å²) in [5.41, 5.74) is -0.158. The average Bonchev–Trinajstić information content (AvgIpc) is 3.20. The highest BCUT2D eigenvalue weighted by molar-refractivity contribution is 7.13. The lowest BCUT2D eigenvalue weighted by atomic mass is 10.3. The van der Waals surface area contributed by atoms with Crippen LogP contribution in [0.5, 0.6) is 0 Å². The van der Waals surface area contributed by atoms with E-state index in [4.69, 9.17) is 16.0 Å². The number of rotatable bonds is 5. The Kier molecular flexibility index (Phi) is 4.63. The molecule has 0 saturated carbocycles. The molecule has 1 amide bonds. The summed E-state index contributed by atoms with van der Waals surface area (Å²) >= 11 is 7.25. The van der Waals surface area contributed by atoms with Gasteiger partial charge >= 0.3 is 5.76 Å². The monoisotopic (exact) mass is 380 g/mol. The molecule has 0 aliphatic carbocycles. The number of nitro groups is 1. The zero-order chi connectivity index (χ0) is 18.0. The number of carbonyl (C=O) groups excluding carboxylic acids is 1. The first-order valence-corrected chi connectivity index (χ1v) is 8.05. The van der Waals surface area contributed by atoms with Crippen molar-refractivity contribution in [3.8, 4) is 10.8 Å². The van der Waals surface area contributed by atoms with E-state index in [2.05, 4.69) is 10.4 Å². The first kappa shape index (κ1) is 16.9. The predicted octanol–water partition coefficient (Wildman–Crippen LogP) is 2.77. The Labute approximate surface area is 148 Å². The van der Waals surface area contributed by atoms with E-state index >= 15 is 0 Å². The van der Waals surface area contributed by atoms with Crippen LogP contribution in [0, 0.1) is 10.1 Å². The van der Waals surface area contributed by atoms with Crippen molar-refractivity contribution in [2.24, 2.45) is 0 Å². The van der Waals surface area contributed by atoms with Crippen molar-refractivity contribution in [1.29, 1.82) is 0 Å². The van der Waals surface area contributed by atoms with Gasteiger partial charge in [-0.15, -0.1) is 16.4 Å². The smallest absolute Gasteiger partial charge is 0.387 e. The van der Waals surface area contributed by atoms with Crippen LogP contribution in [0.25, 0.3) is 10.8 Å². The van der Waals surface area contributed by atoms with Gasteiger partial charge in [-0.25, -0.2) is 4.79 Å². The summed E-state index contributed by atoms with van der Waals surface area (Å²) in [6.45, 7) is -0.424. The summed E-state index contributed by atoms with van der Waals surface area (Å²) in [6.07, 6.45) is 0. The standard InChI is InChI=1S/C14H9ClN4O5S/c15-9-4-3-8(19(22)23)6-10(9)16-12(20)7-18-14(21)24-13(17-18)11-2-1-5-25-11/h1-6H,7H2,(H,16,20). The Bertz CT molecular complexity index is 995. The van der Waals surface area contributed by atoms with Gasteiger partial charge in [-0.3, -0.25) is 14.9 Å². The maximum absolute atomic E-state index is 12.1. The van der Waals surface area contributed by atoms with E-state index in [-0.39, 0.29) is 22.3 Å². The molecule has 0 unspecified atom stereocenters. The zero-order valence-electron chi connectivity index (χ0n) is 12.3. The Morgan fingerprint density at radius 3 is 2.92 bits per heavy atom. The Morgan fingerprint density at radius 2 is 2.24 bits per heavy atom. The second kappa shape index (κ2) is 6.87. The van der Waals surface area contributed by atoms with Crippen LogP contribution in [0.4, 0.5) is 11.4 Å². The molecule has 11 heteroatoms. The molecule has 25 heavy (non-hydrogen) atoms. The predicted molar refractivity (Wildman–Crippen MR) is 90.8 cm³/mol. The number of aromatic nitrogens is 2. The van der Waals surface area contributed by atoms with Gasteiger partial charge in [0.25, 0.3) is 11.6 Å². The highest BCUT2D eigenvalue weighted by atomic mass is 35.5. The van der Waals surface area contributed by atoms with Crippen LogP contribution < -0.4 is 11.1 Å². The van der Waals surface area contributed by atoms with Crippen LogP contribution in [-0.4, -0.2) is 20.6 Å². The molecule has 0 spiro atoms. The molecule has 0 saturated heterocycles. The number of nitrogens with one attached hydrogen (secondary N) is 1. The molecule has 0 aliphatic heterocycles. The van der Waals surface area contributed by atoms with Gasteiger partial charge in [0.2, 0.25) is 5.91 Å². The Hall–Kier alpha value is -2.98. The van der Waals surface area contributed by atoms with E-state index in [1.54, 1.807) is 17.5 Å². The fraction of sp³-hybridized carbons (Fsp3) is 0.0714. The number of non-ortho nitro benzene ring substituents is 1. The number of carbonyl (C=O) groups is 1. The minimum atomic E-state index is -0.788. The van der Waals surface area contributed by atoms with E-state index in [0.717, 1.165) is 10.7 Å². The number of halogens is 1. The minimum absolute atomic E-state index is 0.0656. The summed E-state index contributed by atoms with van der Waals surface area (Å²) < 4.78 is 5.85. The van der Waals surface area contributed by atoms with Crippen LogP contribution in [0.1, 0.15) is 0 Å². The topological polar surface area (TPSA) is 120 Å². The third-order valence-corrected chi connectivity index (χ3v) is 4.25. The lowest BCUT2D eigenvalue weighted by molar-refractivity contribution is -0.384. The molecule has 0 bridgehead atoms. The van der Waals surface area contributed by atoms with Gasteiger partial charge < -0.3 is 9.73 Å². The summed E-state index contributed by atoms with van der Waals surface area (Å²) in [5, 5.41) is 19.1. The van der Waals surface area contributed by atoms with Crippen LogP contribution >= 0.6 is 22.9 Å². The highest BCUT2D eigenvalue weighted by Gasteiger charge is 2.16. The lowest BCUT2D eigenvalue weighted by Crippen LogP contribution is -2.26. The first-order chi connectivity index (χ1) is 11.9. The average molecular weight is 381 g/mol. The molecule has 0 atom stereocenters. The van der Waals surface area contributed by atoms with Crippen molar-refractivity contribution < 1.29 is 14.1 Å². The quantitative estimate of drug-likeness (QED) is 0.536. The Balaban J connectivity index is 1.76. The Morgan fingerprint density at radius 1 is 1.44 bits per heavy atom. The molecular weight excluding hydrogens is 372 g/mol. The summed E-state index contributed by atoms with van der Waals surface area (Å²) in [4.78, 5) is 34.7. The number of benzene rings is 1. The third-order valence-electron chi connectivity index (χ3n) is 3.07. The largest absolute Gasteiger partial charge is 0.437 e. The van der Waals surface area contributed by atoms with Gasteiger partial charge in [0, 0.05) is 12.1 Å². The van der Waals surface area contributed by atoms with E-state index < -0.39 is 23.1 Å². The van der Waals surface area contributed by atoms with E-state index in [0.29, 0.717) is 4.88 Å². The van der Waals surface area contributed by atoms with Crippen molar-refractivity contribution in [3.05, 3.63) is 61.4 Å². The van der Waals surface area contributed by atoms with Crippen molar-refractivity contribution in [2.45, 2.75) is 6.54 Å². The molecule has 3 rings (SSSR count). The molecule has 0 radical (unpaired) electrons. The highest BCUT2D eigenvalue weighted by Crippen LogP contribution is 2.26. The minimum Gasteiger partial charge on any atom is -0.387 e. The number of amides is 1.